The van der Waals surface area contributed by atoms with Crippen LogP contribution in [0.1, 0.15) is 93.8 Å². The molecule has 2 fully saturated rings. The van der Waals surface area contributed by atoms with Gasteiger partial charge in [0, 0.05) is 56.5 Å². The van der Waals surface area contributed by atoms with Crippen LogP contribution in [0.5, 0.6) is 0 Å². The highest BCUT2D eigenvalue weighted by Gasteiger charge is 2.32. The third-order valence-corrected chi connectivity index (χ3v) is 8.63. The van der Waals surface area contributed by atoms with Gasteiger partial charge in [-0.3, -0.25) is 14.7 Å². The Kier molecular flexibility index (Phi) is 13.8. The van der Waals surface area contributed by atoms with E-state index in [9.17, 15) is 4.79 Å². The largest absolute Gasteiger partial charge is 0.370 e. The number of aromatic nitrogens is 1. The van der Waals surface area contributed by atoms with E-state index in [1.165, 1.54) is 60.1 Å². The number of aryl methyl sites for hydroxylation is 3. The standard InChI is InChI=1S/C27H35BrN4.C4H9NO.C4H10/c1-19-8-11-25-21(16-19)9-10-22-17-23(28)18-29-26(22)27(25)32-14-12-31(13-15-32)20(2)30-24-6-4-3-5-7-24;1-3-5(2)4-6;1-4(2)3/h8,11,16-18,24,27,30H,2-7,9-10,12-15H2,1H3;4H,3H2,1-2H3;4H,1-3H3. The van der Waals surface area contributed by atoms with E-state index in [4.69, 9.17) is 4.98 Å². The fourth-order valence-electron chi connectivity index (χ4n) is 5.84. The Labute approximate surface area is 264 Å². The van der Waals surface area contributed by atoms with Crippen LogP contribution in [0.25, 0.3) is 0 Å². The Bertz CT molecular complexity index is 1080. The van der Waals surface area contributed by atoms with Crippen LogP contribution >= 0.6 is 15.9 Å². The van der Waals surface area contributed by atoms with Crippen molar-refractivity contribution in [3.05, 3.63) is 75.3 Å². The molecule has 42 heavy (non-hydrogen) atoms. The van der Waals surface area contributed by atoms with Gasteiger partial charge in [-0.15, -0.1) is 0 Å². The lowest BCUT2D eigenvalue weighted by molar-refractivity contribution is -0.116. The monoisotopic (exact) mass is 639 g/mol. The molecule has 1 saturated heterocycles. The summed E-state index contributed by atoms with van der Waals surface area (Å²) in [6, 6.07) is 10.1. The predicted octanol–water partition coefficient (Wildman–Crippen LogP) is 7.11. The second-order valence-corrected chi connectivity index (χ2v) is 13.6. The van der Waals surface area contributed by atoms with Crippen molar-refractivity contribution in [3.8, 4) is 0 Å². The molecular formula is C35H54BrN5O. The molecule has 232 valence electrons. The number of hydrogen-bond donors (Lipinski definition) is 1. The second-order valence-electron chi connectivity index (χ2n) is 12.7. The SMILES string of the molecule is C=C(NC1CCCCC1)N1CCN(C2c3ccc(C)cc3CCc3cc(Br)cnc32)CC1.CC(C)C.CCN(C)C=O. The zero-order valence-electron chi connectivity index (χ0n) is 27.0. The van der Waals surface area contributed by atoms with Crippen LogP contribution in [0.15, 0.2) is 47.3 Å². The Hall–Kier alpha value is -2.38. The molecule has 1 aromatic heterocycles. The van der Waals surface area contributed by atoms with Gasteiger partial charge in [-0.1, -0.05) is 70.4 Å². The number of halogens is 1. The lowest BCUT2D eigenvalue weighted by Crippen LogP contribution is -2.50. The topological polar surface area (TPSA) is 51.7 Å². The first-order valence-electron chi connectivity index (χ1n) is 16.0. The fourth-order valence-corrected chi connectivity index (χ4v) is 6.22. The maximum absolute atomic E-state index is 9.66. The van der Waals surface area contributed by atoms with Crippen molar-refractivity contribution in [3.63, 3.8) is 0 Å². The van der Waals surface area contributed by atoms with E-state index in [1.54, 1.807) is 11.9 Å². The number of hydrogen-bond acceptors (Lipinski definition) is 5. The Morgan fingerprint density at radius 1 is 1.10 bits per heavy atom. The van der Waals surface area contributed by atoms with Crippen molar-refractivity contribution >= 4 is 22.3 Å². The summed E-state index contributed by atoms with van der Waals surface area (Å²) in [5.41, 5.74) is 6.89. The molecule has 1 amide bonds. The van der Waals surface area contributed by atoms with Gasteiger partial charge < -0.3 is 15.1 Å². The van der Waals surface area contributed by atoms with E-state index < -0.39 is 0 Å². The summed E-state index contributed by atoms with van der Waals surface area (Å²) >= 11 is 3.64. The van der Waals surface area contributed by atoms with Crippen LogP contribution in [-0.4, -0.2) is 71.9 Å². The average molecular weight is 641 g/mol. The summed E-state index contributed by atoms with van der Waals surface area (Å²) in [7, 11) is 1.74. The van der Waals surface area contributed by atoms with Crippen molar-refractivity contribution in [2.75, 3.05) is 39.8 Å². The van der Waals surface area contributed by atoms with Gasteiger partial charge >= 0.3 is 0 Å². The zero-order chi connectivity index (χ0) is 30.6. The molecule has 3 aliphatic rings. The molecule has 1 atom stereocenters. The molecule has 0 radical (unpaired) electrons. The smallest absolute Gasteiger partial charge is 0.209 e. The minimum atomic E-state index is 0.234. The van der Waals surface area contributed by atoms with Gasteiger partial charge in [0.15, 0.2) is 0 Å². The predicted molar refractivity (Wildman–Crippen MR) is 180 cm³/mol. The molecule has 7 heteroatoms. The number of benzene rings is 1. The summed E-state index contributed by atoms with van der Waals surface area (Å²) in [4.78, 5) is 21.3. The van der Waals surface area contributed by atoms with Crippen molar-refractivity contribution in [2.45, 2.75) is 91.6 Å². The number of carbonyl (C=O) groups is 1. The summed E-state index contributed by atoms with van der Waals surface area (Å²) in [5, 5.41) is 3.73. The number of amides is 1. The number of piperazine rings is 1. The maximum atomic E-state index is 9.66. The van der Waals surface area contributed by atoms with Crippen molar-refractivity contribution in [1.82, 2.24) is 25.0 Å². The molecule has 1 aromatic carbocycles. The number of pyridine rings is 1. The minimum Gasteiger partial charge on any atom is -0.370 e. The van der Waals surface area contributed by atoms with E-state index in [0.29, 0.717) is 6.04 Å². The number of rotatable bonds is 6. The molecule has 6 nitrogen and oxygen atoms in total. The molecule has 2 aliphatic carbocycles. The van der Waals surface area contributed by atoms with E-state index in [0.717, 1.165) is 68.2 Å². The molecule has 5 rings (SSSR count). The van der Waals surface area contributed by atoms with Gasteiger partial charge in [0.05, 0.1) is 17.6 Å². The van der Waals surface area contributed by atoms with Crippen molar-refractivity contribution in [2.24, 2.45) is 5.92 Å². The van der Waals surface area contributed by atoms with Crippen LogP contribution in [-0.2, 0) is 17.6 Å². The third kappa shape index (κ3) is 10.1. The average Bonchev–Trinajstić information content (AvgIpc) is 3.13. The first-order chi connectivity index (χ1) is 20.1. The van der Waals surface area contributed by atoms with Crippen LogP contribution in [0, 0.1) is 12.8 Å². The van der Waals surface area contributed by atoms with Crippen molar-refractivity contribution in [1.29, 1.82) is 0 Å². The van der Waals surface area contributed by atoms with Gasteiger partial charge in [0.1, 0.15) is 0 Å². The Morgan fingerprint density at radius 3 is 2.33 bits per heavy atom. The quantitative estimate of drug-likeness (QED) is 0.341. The minimum absolute atomic E-state index is 0.234. The molecule has 1 aliphatic heterocycles. The number of fused-ring (bicyclic) bond motifs is 2. The van der Waals surface area contributed by atoms with E-state index in [2.05, 4.69) is 89.6 Å². The zero-order valence-corrected chi connectivity index (χ0v) is 28.5. The number of nitrogens with one attached hydrogen (secondary N) is 1. The fraction of sp³-hybridized carbons (Fsp3) is 0.600. The first-order valence-corrected chi connectivity index (χ1v) is 16.8. The molecule has 0 bridgehead atoms. The molecule has 0 spiro atoms. The van der Waals surface area contributed by atoms with E-state index in [1.807, 2.05) is 13.1 Å². The van der Waals surface area contributed by atoms with Gasteiger partial charge in [0.2, 0.25) is 6.41 Å². The highest BCUT2D eigenvalue weighted by Crippen LogP contribution is 2.37. The maximum Gasteiger partial charge on any atom is 0.209 e. The van der Waals surface area contributed by atoms with Gasteiger partial charge in [0.25, 0.3) is 0 Å². The molecule has 1 unspecified atom stereocenters. The lowest BCUT2D eigenvalue weighted by Gasteiger charge is -2.42. The van der Waals surface area contributed by atoms with Gasteiger partial charge in [-0.2, -0.15) is 0 Å². The van der Waals surface area contributed by atoms with Crippen LogP contribution in [0.2, 0.25) is 0 Å². The Morgan fingerprint density at radius 2 is 1.74 bits per heavy atom. The summed E-state index contributed by atoms with van der Waals surface area (Å²) in [5.74, 6) is 1.95. The number of carbonyl (C=O) groups excluding carboxylic acids is 1. The first kappa shape index (κ1) is 34.1. The normalized spacial score (nSPS) is 18.8. The molecule has 1 N–H and O–H groups in total. The van der Waals surface area contributed by atoms with Crippen molar-refractivity contribution < 1.29 is 4.79 Å². The van der Waals surface area contributed by atoms with E-state index in [-0.39, 0.29) is 6.04 Å². The highest BCUT2D eigenvalue weighted by atomic mass is 79.9. The lowest BCUT2D eigenvalue weighted by atomic mass is 9.94. The molecular weight excluding hydrogens is 586 g/mol. The third-order valence-electron chi connectivity index (χ3n) is 8.20. The summed E-state index contributed by atoms with van der Waals surface area (Å²) < 4.78 is 1.08. The second kappa shape index (κ2) is 17.0. The molecule has 2 aromatic rings. The van der Waals surface area contributed by atoms with Crippen LogP contribution in [0.4, 0.5) is 0 Å². The highest BCUT2D eigenvalue weighted by molar-refractivity contribution is 9.10. The van der Waals surface area contributed by atoms with Crippen LogP contribution < -0.4 is 5.32 Å². The van der Waals surface area contributed by atoms with Crippen LogP contribution in [0.3, 0.4) is 0 Å². The molecule has 1 saturated carbocycles. The van der Waals surface area contributed by atoms with Gasteiger partial charge in [-0.25, -0.2) is 0 Å². The van der Waals surface area contributed by atoms with Gasteiger partial charge in [-0.05, 0) is 84.1 Å². The Balaban J connectivity index is 0.000000420. The molecule has 2 heterocycles. The number of nitrogens with zero attached hydrogens (tertiary/aromatic N) is 4. The summed E-state index contributed by atoms with van der Waals surface area (Å²) in [6.45, 7) is 19.9. The van der Waals surface area contributed by atoms with E-state index >= 15 is 0 Å². The summed E-state index contributed by atoms with van der Waals surface area (Å²) in [6.07, 6.45) is 11.6.